The van der Waals surface area contributed by atoms with E-state index in [0.717, 1.165) is 6.42 Å². The summed E-state index contributed by atoms with van der Waals surface area (Å²) < 4.78 is 11.5. The van der Waals surface area contributed by atoms with Gasteiger partial charge in [0.15, 0.2) is 5.78 Å². The summed E-state index contributed by atoms with van der Waals surface area (Å²) in [6, 6.07) is 8.81. The summed E-state index contributed by atoms with van der Waals surface area (Å²) in [5, 5.41) is 10.6. The second-order valence-corrected chi connectivity index (χ2v) is 10.1. The van der Waals surface area contributed by atoms with Gasteiger partial charge in [0.25, 0.3) is 0 Å². The smallest absolute Gasteiger partial charge is 0.338 e. The van der Waals surface area contributed by atoms with E-state index in [9.17, 15) is 19.5 Å². The van der Waals surface area contributed by atoms with Crippen LogP contribution in [0.2, 0.25) is 0 Å². The number of benzene rings is 1. The van der Waals surface area contributed by atoms with Gasteiger partial charge in [-0.3, -0.25) is 9.59 Å². The Morgan fingerprint density at radius 3 is 2.50 bits per heavy atom. The van der Waals surface area contributed by atoms with Crippen LogP contribution in [0.1, 0.15) is 37.0 Å². The number of aliphatic hydroxyl groups is 1. The topological polar surface area (TPSA) is 89.9 Å². The van der Waals surface area contributed by atoms with Crippen LogP contribution in [0.5, 0.6) is 0 Å². The van der Waals surface area contributed by atoms with Gasteiger partial charge in [-0.2, -0.15) is 0 Å². The van der Waals surface area contributed by atoms with E-state index >= 15 is 0 Å². The molecule has 10 atom stereocenters. The van der Waals surface area contributed by atoms with Crippen molar-refractivity contribution < 1.29 is 29.0 Å². The predicted molar refractivity (Wildman–Crippen MR) is 115 cm³/mol. The van der Waals surface area contributed by atoms with Gasteiger partial charge < -0.3 is 14.6 Å². The van der Waals surface area contributed by atoms with Crippen molar-refractivity contribution in [1.82, 2.24) is 0 Å². The number of aliphatic hydroxyl groups excluding tert-OH is 1. The first-order valence-corrected chi connectivity index (χ1v) is 11.6. The molecule has 0 radical (unpaired) electrons. The minimum atomic E-state index is -1.42. The van der Waals surface area contributed by atoms with E-state index in [-0.39, 0.29) is 29.5 Å². The molecule has 3 fully saturated rings. The molecule has 4 aliphatic rings. The molecular weight excluding hydrogens is 408 g/mol. The summed E-state index contributed by atoms with van der Waals surface area (Å²) in [5.74, 6) is -2.98. The number of allylic oxidation sites excluding steroid dienone is 2. The molecule has 6 heteroatoms. The highest BCUT2D eigenvalue weighted by Crippen LogP contribution is 2.65. The molecule has 1 N–H and O–H groups in total. The predicted octanol–water partition coefficient (Wildman–Crippen LogP) is 3.05. The van der Waals surface area contributed by atoms with Crippen LogP contribution in [-0.4, -0.2) is 42.1 Å². The quantitative estimate of drug-likeness (QED) is 0.443. The number of fused-ring (bicyclic) bond motifs is 6. The largest absolute Gasteiger partial charge is 0.468 e. The van der Waals surface area contributed by atoms with Crippen molar-refractivity contribution in [3.8, 4) is 0 Å². The molecule has 32 heavy (non-hydrogen) atoms. The maximum Gasteiger partial charge on any atom is 0.338 e. The van der Waals surface area contributed by atoms with Crippen LogP contribution < -0.4 is 0 Å². The van der Waals surface area contributed by atoms with Crippen LogP contribution in [0.15, 0.2) is 42.5 Å². The summed E-state index contributed by atoms with van der Waals surface area (Å²) in [7, 11) is 1.31. The third-order valence-electron chi connectivity index (χ3n) is 8.77. The van der Waals surface area contributed by atoms with Gasteiger partial charge in [0.05, 0.1) is 18.8 Å². The Morgan fingerprint density at radius 1 is 1.09 bits per heavy atom. The highest BCUT2D eigenvalue weighted by atomic mass is 16.5. The molecule has 2 bridgehead atoms. The summed E-state index contributed by atoms with van der Waals surface area (Å²) in [6.07, 6.45) is 4.10. The fourth-order valence-electron chi connectivity index (χ4n) is 7.51. The lowest BCUT2D eigenvalue weighted by Crippen LogP contribution is -2.67. The van der Waals surface area contributed by atoms with Gasteiger partial charge in [0.2, 0.25) is 0 Å². The Hall–Kier alpha value is -2.47. The number of hydrogen-bond acceptors (Lipinski definition) is 6. The zero-order chi connectivity index (χ0) is 22.8. The summed E-state index contributed by atoms with van der Waals surface area (Å²) in [6.45, 7) is 3.84. The van der Waals surface area contributed by atoms with Crippen LogP contribution in [0, 0.1) is 46.8 Å². The van der Waals surface area contributed by atoms with Crippen molar-refractivity contribution in [1.29, 1.82) is 0 Å². The van der Waals surface area contributed by atoms with Gasteiger partial charge in [0.1, 0.15) is 11.5 Å². The third kappa shape index (κ3) is 2.71. The minimum Gasteiger partial charge on any atom is -0.468 e. The normalized spacial score (nSPS) is 44.0. The first kappa shape index (κ1) is 21.4. The van der Waals surface area contributed by atoms with E-state index in [4.69, 9.17) is 9.47 Å². The van der Waals surface area contributed by atoms with Crippen LogP contribution in [-0.2, 0) is 19.1 Å². The average Bonchev–Trinajstić information content (AvgIpc) is 3.36. The molecule has 5 unspecified atom stereocenters. The number of esters is 2. The number of ketones is 1. The van der Waals surface area contributed by atoms with Gasteiger partial charge in [-0.15, -0.1) is 0 Å². The zero-order valence-electron chi connectivity index (χ0n) is 18.6. The third-order valence-corrected chi connectivity index (χ3v) is 8.77. The zero-order valence-corrected chi connectivity index (χ0v) is 18.6. The van der Waals surface area contributed by atoms with Crippen molar-refractivity contribution in [2.24, 2.45) is 46.8 Å². The Kier molecular flexibility index (Phi) is 5.04. The summed E-state index contributed by atoms with van der Waals surface area (Å²) in [4.78, 5) is 40.7. The summed E-state index contributed by atoms with van der Waals surface area (Å²) in [5.41, 5.74) is -0.976. The highest BCUT2D eigenvalue weighted by molar-refractivity contribution is 6.07. The van der Waals surface area contributed by atoms with E-state index in [1.807, 2.05) is 32.1 Å². The molecule has 0 heterocycles. The highest BCUT2D eigenvalue weighted by Gasteiger charge is 2.73. The number of hydrogen-bond donors (Lipinski definition) is 1. The minimum absolute atomic E-state index is 0.0987. The van der Waals surface area contributed by atoms with Crippen molar-refractivity contribution in [2.75, 3.05) is 7.11 Å². The lowest BCUT2D eigenvalue weighted by Gasteiger charge is -2.56. The second-order valence-electron chi connectivity index (χ2n) is 10.1. The van der Waals surface area contributed by atoms with Crippen molar-refractivity contribution >= 4 is 17.7 Å². The monoisotopic (exact) mass is 438 g/mol. The average molecular weight is 439 g/mol. The lowest BCUT2D eigenvalue weighted by atomic mass is 9.46. The van der Waals surface area contributed by atoms with Gasteiger partial charge in [-0.05, 0) is 48.6 Å². The standard InChI is InChI=1S/C26H30O6/c1-13-9-10-14(2)26(25(30)31-3)21(13)22(32-24(29)15-7-5-4-6-8-15)19-16-11-17(18(27)12-16)20(19)23(26)28/h4-10,13-14,16-22,27H,11-12H2,1-3H3/t13?,14?,16-,17-,18+,19?,20?,21-,22?,26-/m0/s1. The molecule has 1 aromatic carbocycles. The van der Waals surface area contributed by atoms with Crippen LogP contribution in [0.25, 0.3) is 0 Å². The van der Waals surface area contributed by atoms with Gasteiger partial charge in [-0.25, -0.2) is 4.79 Å². The van der Waals surface area contributed by atoms with Gasteiger partial charge in [0, 0.05) is 17.8 Å². The van der Waals surface area contributed by atoms with E-state index in [0.29, 0.717) is 12.0 Å². The van der Waals surface area contributed by atoms with Crippen LogP contribution >= 0.6 is 0 Å². The van der Waals surface area contributed by atoms with Crippen LogP contribution in [0.4, 0.5) is 0 Å². The molecule has 0 spiro atoms. The number of Topliss-reactive ketones (excluding diaryl/α,β-unsaturated/α-hetero) is 1. The molecule has 3 saturated carbocycles. The fraction of sp³-hybridized carbons (Fsp3) is 0.577. The molecule has 0 aliphatic heterocycles. The number of carbonyl (C=O) groups is 3. The first-order valence-electron chi connectivity index (χ1n) is 11.6. The van der Waals surface area contributed by atoms with Crippen LogP contribution in [0.3, 0.4) is 0 Å². The second kappa shape index (κ2) is 7.55. The molecule has 0 amide bonds. The maximum atomic E-state index is 14.2. The number of carbonyl (C=O) groups excluding carboxylic acids is 3. The van der Waals surface area contributed by atoms with E-state index in [2.05, 4.69) is 0 Å². The van der Waals surface area contributed by atoms with Crippen molar-refractivity contribution in [2.45, 2.75) is 38.9 Å². The van der Waals surface area contributed by atoms with Gasteiger partial charge in [-0.1, -0.05) is 44.2 Å². The lowest BCUT2D eigenvalue weighted by molar-refractivity contribution is -0.193. The van der Waals surface area contributed by atoms with Crippen molar-refractivity contribution in [3.05, 3.63) is 48.0 Å². The number of methoxy groups -OCH3 is 1. The fourth-order valence-corrected chi connectivity index (χ4v) is 7.51. The Bertz CT molecular complexity index is 970. The Balaban J connectivity index is 1.65. The van der Waals surface area contributed by atoms with E-state index in [1.165, 1.54) is 7.11 Å². The molecule has 4 aliphatic carbocycles. The molecule has 0 saturated heterocycles. The number of rotatable bonds is 3. The number of ether oxygens (including phenoxy) is 2. The molecular formula is C26H30O6. The van der Waals surface area contributed by atoms with E-state index < -0.39 is 47.3 Å². The first-order chi connectivity index (χ1) is 15.3. The van der Waals surface area contributed by atoms with Crippen molar-refractivity contribution in [3.63, 3.8) is 0 Å². The molecule has 6 nitrogen and oxygen atoms in total. The Morgan fingerprint density at radius 2 is 1.81 bits per heavy atom. The molecule has 0 aromatic heterocycles. The Labute approximate surface area is 188 Å². The SMILES string of the molecule is COC(=O)[C@]12C(=O)C3C(C(OC(=O)c4ccccc4)[C@@H]1C(C)C=CC2C)[C@@H]1C[C@@H](O)[C@@H]3C1. The molecule has 170 valence electrons. The van der Waals surface area contributed by atoms with E-state index in [1.54, 1.807) is 24.3 Å². The molecule has 5 rings (SSSR count). The molecule has 1 aromatic rings. The maximum absolute atomic E-state index is 14.2. The van der Waals surface area contributed by atoms with Gasteiger partial charge >= 0.3 is 11.9 Å². The summed E-state index contributed by atoms with van der Waals surface area (Å²) >= 11 is 0.